The molecule has 0 radical (unpaired) electrons. The van der Waals surface area contributed by atoms with E-state index in [1.54, 1.807) is 36.4 Å². The molecule has 4 nitrogen and oxygen atoms in total. The molecule has 2 aliphatic rings. The molecule has 5 heteroatoms. The Morgan fingerprint density at radius 2 is 2.00 bits per heavy atom. The van der Waals surface area contributed by atoms with Gasteiger partial charge in [-0.2, -0.15) is 0 Å². The first-order valence-electron chi connectivity index (χ1n) is 7.25. The molecule has 1 aromatic carbocycles. The van der Waals surface area contributed by atoms with Crippen molar-refractivity contribution in [1.82, 2.24) is 5.32 Å². The number of carbonyl (C=O) groups is 2. The van der Waals surface area contributed by atoms with E-state index >= 15 is 0 Å². The van der Waals surface area contributed by atoms with Crippen LogP contribution in [-0.4, -0.2) is 23.0 Å². The van der Waals surface area contributed by atoms with Crippen molar-refractivity contribution < 1.29 is 14.7 Å². The Morgan fingerprint density at radius 1 is 1.23 bits per heavy atom. The minimum absolute atomic E-state index is 0.0108. The molecule has 2 N–H and O–H groups in total. The van der Waals surface area contributed by atoms with Crippen LogP contribution in [0.25, 0.3) is 0 Å². The minimum atomic E-state index is -0.904. The molecule has 0 spiro atoms. The van der Waals surface area contributed by atoms with E-state index in [-0.39, 0.29) is 23.8 Å². The fourth-order valence-electron chi connectivity index (χ4n) is 3.23. The number of rotatable bonds is 3. The van der Waals surface area contributed by atoms with Crippen molar-refractivity contribution in [3.8, 4) is 0 Å². The zero-order valence-corrected chi connectivity index (χ0v) is 12.6. The lowest BCUT2D eigenvalue weighted by atomic mass is 9.87. The Labute approximate surface area is 133 Å². The summed E-state index contributed by atoms with van der Waals surface area (Å²) in [7, 11) is 0. The Bertz CT molecular complexity index is 680. The molecule has 0 bridgehead atoms. The van der Waals surface area contributed by atoms with Gasteiger partial charge in [-0.25, -0.2) is 4.79 Å². The molecule has 2 aliphatic carbocycles. The number of hydrogen-bond acceptors (Lipinski definition) is 2. The van der Waals surface area contributed by atoms with Crippen LogP contribution in [0, 0.1) is 11.8 Å². The molecular weight excluding hydrogens is 302 g/mol. The molecule has 114 valence electrons. The monoisotopic (exact) mass is 317 g/mol. The van der Waals surface area contributed by atoms with Crippen molar-refractivity contribution >= 4 is 23.5 Å². The summed E-state index contributed by atoms with van der Waals surface area (Å²) in [6.45, 7) is 0. The first kappa shape index (κ1) is 14.9. The highest BCUT2D eigenvalue weighted by Crippen LogP contribution is 2.38. The van der Waals surface area contributed by atoms with Crippen LogP contribution in [0.15, 0.2) is 48.1 Å². The lowest BCUT2D eigenvalue weighted by molar-refractivity contribution is -0.132. The third kappa shape index (κ3) is 2.79. The van der Waals surface area contributed by atoms with Gasteiger partial charge in [0.25, 0.3) is 5.91 Å². The van der Waals surface area contributed by atoms with Crippen molar-refractivity contribution in [3.63, 3.8) is 0 Å². The molecule has 1 fully saturated rings. The third-order valence-corrected chi connectivity index (χ3v) is 4.67. The molecule has 2 unspecified atom stereocenters. The second kappa shape index (κ2) is 5.97. The van der Waals surface area contributed by atoms with Gasteiger partial charge in [0.2, 0.25) is 0 Å². The number of benzene rings is 1. The SMILES string of the molecule is O=C(O)C1=CC2CC[C@H](NC(=O)c3ccccc3Cl)C2C=C1. The zero-order valence-electron chi connectivity index (χ0n) is 11.8. The summed E-state index contributed by atoms with van der Waals surface area (Å²) in [6, 6.07) is 6.96. The number of halogens is 1. The number of aliphatic carboxylic acids is 1. The van der Waals surface area contributed by atoms with Gasteiger partial charge >= 0.3 is 5.97 Å². The highest BCUT2D eigenvalue weighted by molar-refractivity contribution is 6.33. The topological polar surface area (TPSA) is 66.4 Å². The number of carbonyl (C=O) groups excluding carboxylic acids is 1. The normalized spacial score (nSPS) is 26.2. The lowest BCUT2D eigenvalue weighted by Gasteiger charge is -2.24. The van der Waals surface area contributed by atoms with E-state index in [0.29, 0.717) is 16.2 Å². The average molecular weight is 318 g/mol. The van der Waals surface area contributed by atoms with Crippen molar-refractivity contribution in [2.24, 2.45) is 11.8 Å². The van der Waals surface area contributed by atoms with Gasteiger partial charge in [-0.1, -0.05) is 42.0 Å². The standard InChI is InChI=1S/C17H16ClNO3/c18-14-4-2-1-3-13(14)16(20)19-15-8-6-10-9-11(17(21)22)5-7-12(10)15/h1-5,7,9-10,12,15H,6,8H2,(H,19,20)(H,21,22)/t10?,12?,15-/m0/s1. The predicted octanol–water partition coefficient (Wildman–Crippen LogP) is 3.05. The zero-order chi connectivity index (χ0) is 15.7. The maximum atomic E-state index is 12.3. The molecule has 0 aliphatic heterocycles. The second-order valence-corrected chi connectivity index (χ2v) is 6.07. The number of carboxylic acids is 1. The fourth-order valence-corrected chi connectivity index (χ4v) is 3.45. The van der Waals surface area contributed by atoms with Crippen LogP contribution in [0.2, 0.25) is 5.02 Å². The summed E-state index contributed by atoms with van der Waals surface area (Å²) >= 11 is 6.05. The summed E-state index contributed by atoms with van der Waals surface area (Å²) in [5.74, 6) is -0.766. The highest BCUT2D eigenvalue weighted by atomic mass is 35.5. The molecular formula is C17H16ClNO3. The van der Waals surface area contributed by atoms with E-state index in [1.165, 1.54) is 0 Å². The van der Waals surface area contributed by atoms with Gasteiger partial charge < -0.3 is 10.4 Å². The number of fused-ring (bicyclic) bond motifs is 1. The van der Waals surface area contributed by atoms with Gasteiger partial charge in [-0.15, -0.1) is 0 Å². The highest BCUT2D eigenvalue weighted by Gasteiger charge is 2.36. The van der Waals surface area contributed by atoms with Crippen molar-refractivity contribution in [2.75, 3.05) is 0 Å². The summed E-state index contributed by atoms with van der Waals surface area (Å²) < 4.78 is 0. The maximum Gasteiger partial charge on any atom is 0.335 e. The first-order chi connectivity index (χ1) is 10.6. The molecule has 1 aromatic rings. The van der Waals surface area contributed by atoms with Crippen molar-refractivity contribution in [1.29, 1.82) is 0 Å². The minimum Gasteiger partial charge on any atom is -0.478 e. The summed E-state index contributed by atoms with van der Waals surface area (Å²) in [5, 5.41) is 12.5. The van der Waals surface area contributed by atoms with Gasteiger partial charge in [0, 0.05) is 12.0 Å². The van der Waals surface area contributed by atoms with Gasteiger partial charge in [0.15, 0.2) is 0 Å². The number of hydrogen-bond donors (Lipinski definition) is 2. The fraction of sp³-hybridized carbons (Fsp3) is 0.294. The van der Waals surface area contributed by atoms with Crippen LogP contribution in [0.1, 0.15) is 23.2 Å². The van der Waals surface area contributed by atoms with Gasteiger partial charge in [-0.3, -0.25) is 4.79 Å². The molecule has 3 atom stereocenters. The van der Waals surface area contributed by atoms with E-state index in [4.69, 9.17) is 16.7 Å². The molecule has 22 heavy (non-hydrogen) atoms. The lowest BCUT2D eigenvalue weighted by Crippen LogP contribution is -2.38. The molecule has 1 saturated carbocycles. The van der Waals surface area contributed by atoms with Crippen molar-refractivity contribution in [3.05, 3.63) is 58.7 Å². The van der Waals surface area contributed by atoms with Gasteiger partial charge in [-0.05, 0) is 30.9 Å². The average Bonchev–Trinajstić information content (AvgIpc) is 2.90. The number of amides is 1. The summed E-state index contributed by atoms with van der Waals surface area (Å²) in [5.41, 5.74) is 0.800. The van der Waals surface area contributed by atoms with Crippen LogP contribution >= 0.6 is 11.6 Å². The molecule has 0 saturated heterocycles. The molecule has 0 heterocycles. The van der Waals surface area contributed by atoms with E-state index in [1.807, 2.05) is 6.08 Å². The van der Waals surface area contributed by atoms with Gasteiger partial charge in [0.1, 0.15) is 0 Å². The summed E-state index contributed by atoms with van der Waals surface area (Å²) in [4.78, 5) is 23.4. The van der Waals surface area contributed by atoms with E-state index in [0.717, 1.165) is 12.8 Å². The number of nitrogens with one attached hydrogen (secondary N) is 1. The van der Waals surface area contributed by atoms with E-state index < -0.39 is 5.97 Å². The van der Waals surface area contributed by atoms with Crippen LogP contribution in [0.4, 0.5) is 0 Å². The number of allylic oxidation sites excluding steroid dienone is 1. The largest absolute Gasteiger partial charge is 0.478 e. The van der Waals surface area contributed by atoms with Crippen LogP contribution in [0.3, 0.4) is 0 Å². The van der Waals surface area contributed by atoms with E-state index in [9.17, 15) is 9.59 Å². The van der Waals surface area contributed by atoms with E-state index in [2.05, 4.69) is 5.32 Å². The molecule has 0 aromatic heterocycles. The number of carboxylic acid groups (broad SMARTS) is 1. The quantitative estimate of drug-likeness (QED) is 0.900. The van der Waals surface area contributed by atoms with Gasteiger partial charge in [0.05, 0.1) is 16.2 Å². The maximum absolute atomic E-state index is 12.3. The van der Waals surface area contributed by atoms with Crippen LogP contribution in [-0.2, 0) is 4.79 Å². The third-order valence-electron chi connectivity index (χ3n) is 4.34. The van der Waals surface area contributed by atoms with Crippen molar-refractivity contribution in [2.45, 2.75) is 18.9 Å². The predicted molar refractivity (Wildman–Crippen MR) is 83.8 cm³/mol. The Hall–Kier alpha value is -2.07. The second-order valence-electron chi connectivity index (χ2n) is 5.66. The summed E-state index contributed by atoms with van der Waals surface area (Å²) in [6.07, 6.45) is 7.04. The smallest absolute Gasteiger partial charge is 0.335 e. The van der Waals surface area contributed by atoms with Crippen LogP contribution in [0.5, 0.6) is 0 Å². The first-order valence-corrected chi connectivity index (χ1v) is 7.63. The molecule has 1 amide bonds. The molecule has 3 rings (SSSR count). The van der Waals surface area contributed by atoms with Crippen LogP contribution < -0.4 is 5.32 Å². The Balaban J connectivity index is 1.71. The Morgan fingerprint density at radius 3 is 2.73 bits per heavy atom. The Kier molecular flexibility index (Phi) is 4.03.